The van der Waals surface area contributed by atoms with Crippen LogP contribution in [0.2, 0.25) is 10.0 Å². The van der Waals surface area contributed by atoms with E-state index in [1.54, 1.807) is 25.1 Å². The SMILES string of the molecule is C[C@@H]1C[C@H](OC(=O)c2sc3cc(Cl)ccc3c2Cl)C(=O)O1. The van der Waals surface area contributed by atoms with Gasteiger partial charge in [0.2, 0.25) is 6.10 Å². The summed E-state index contributed by atoms with van der Waals surface area (Å²) < 4.78 is 10.9. The molecule has 1 aliphatic heterocycles. The number of carbonyl (C=O) groups excluding carboxylic acids is 2. The molecule has 0 aliphatic carbocycles. The van der Waals surface area contributed by atoms with E-state index in [1.165, 1.54) is 11.3 Å². The molecule has 0 saturated carbocycles. The predicted octanol–water partition coefficient (Wildman–Crippen LogP) is 4.07. The number of rotatable bonds is 2. The third-order valence-corrected chi connectivity index (χ3v) is 5.02. The van der Waals surface area contributed by atoms with Gasteiger partial charge >= 0.3 is 11.9 Å². The number of cyclic esters (lactones) is 1. The smallest absolute Gasteiger partial charge is 0.350 e. The summed E-state index contributed by atoms with van der Waals surface area (Å²) in [5.74, 6) is -1.13. The van der Waals surface area contributed by atoms with E-state index in [-0.39, 0.29) is 11.0 Å². The van der Waals surface area contributed by atoms with Crippen LogP contribution < -0.4 is 0 Å². The van der Waals surface area contributed by atoms with Crippen LogP contribution in [0.15, 0.2) is 18.2 Å². The van der Waals surface area contributed by atoms with Crippen LogP contribution in [-0.2, 0) is 14.3 Å². The monoisotopic (exact) mass is 344 g/mol. The number of halogens is 2. The first-order valence-corrected chi connectivity index (χ1v) is 7.82. The molecule has 21 heavy (non-hydrogen) atoms. The number of carbonyl (C=O) groups is 2. The van der Waals surface area contributed by atoms with Gasteiger partial charge in [-0.1, -0.05) is 29.3 Å². The molecule has 1 aliphatic rings. The van der Waals surface area contributed by atoms with Crippen LogP contribution in [0.25, 0.3) is 10.1 Å². The third kappa shape index (κ3) is 2.73. The van der Waals surface area contributed by atoms with Gasteiger partial charge < -0.3 is 9.47 Å². The average molecular weight is 345 g/mol. The number of hydrogen-bond acceptors (Lipinski definition) is 5. The van der Waals surface area contributed by atoms with Crippen LogP contribution in [0.4, 0.5) is 0 Å². The Labute approximate surface area is 134 Å². The van der Waals surface area contributed by atoms with Gasteiger partial charge in [0, 0.05) is 21.5 Å². The van der Waals surface area contributed by atoms with E-state index in [0.717, 1.165) is 10.1 Å². The number of ether oxygens (including phenoxy) is 2. The van der Waals surface area contributed by atoms with Crippen LogP contribution in [-0.4, -0.2) is 24.1 Å². The molecule has 110 valence electrons. The Morgan fingerprint density at radius 3 is 2.86 bits per heavy atom. The molecule has 2 aromatic rings. The summed E-state index contributed by atoms with van der Waals surface area (Å²) in [5, 5.41) is 1.62. The van der Waals surface area contributed by atoms with E-state index in [1.807, 2.05) is 0 Å². The van der Waals surface area contributed by atoms with E-state index in [2.05, 4.69) is 0 Å². The second-order valence-electron chi connectivity index (χ2n) is 4.76. The molecular weight excluding hydrogens is 335 g/mol. The fourth-order valence-corrected chi connectivity index (χ4v) is 3.84. The second kappa shape index (κ2) is 5.48. The first-order chi connectivity index (χ1) is 9.95. The fourth-order valence-electron chi connectivity index (χ4n) is 2.17. The Kier molecular flexibility index (Phi) is 3.82. The summed E-state index contributed by atoms with van der Waals surface area (Å²) in [4.78, 5) is 24.0. The normalized spacial score (nSPS) is 21.6. The van der Waals surface area contributed by atoms with Crippen LogP contribution in [0.1, 0.15) is 23.0 Å². The van der Waals surface area contributed by atoms with Gasteiger partial charge in [-0.2, -0.15) is 0 Å². The minimum absolute atomic E-state index is 0.244. The molecule has 0 bridgehead atoms. The summed E-state index contributed by atoms with van der Waals surface area (Å²) >= 11 is 13.3. The van der Waals surface area contributed by atoms with Gasteiger partial charge in [0.15, 0.2) is 0 Å². The highest BCUT2D eigenvalue weighted by atomic mass is 35.5. The highest BCUT2D eigenvalue weighted by Crippen LogP contribution is 2.37. The van der Waals surface area contributed by atoms with Crippen molar-refractivity contribution in [2.75, 3.05) is 0 Å². The third-order valence-electron chi connectivity index (χ3n) is 3.15. The van der Waals surface area contributed by atoms with Crippen LogP contribution >= 0.6 is 34.5 Å². The minimum atomic E-state index is -0.864. The Balaban J connectivity index is 1.88. The lowest BCUT2D eigenvalue weighted by Gasteiger charge is -2.06. The van der Waals surface area contributed by atoms with E-state index >= 15 is 0 Å². The van der Waals surface area contributed by atoms with Gasteiger partial charge in [-0.25, -0.2) is 9.59 Å². The molecular formula is C14H10Cl2O4S. The molecule has 1 aromatic heterocycles. The van der Waals surface area contributed by atoms with Gasteiger partial charge in [-0.05, 0) is 19.1 Å². The van der Waals surface area contributed by atoms with E-state index in [9.17, 15) is 9.59 Å². The molecule has 0 N–H and O–H groups in total. The van der Waals surface area contributed by atoms with Gasteiger partial charge in [0.05, 0.1) is 5.02 Å². The predicted molar refractivity (Wildman–Crippen MR) is 81.2 cm³/mol. The van der Waals surface area contributed by atoms with Crippen LogP contribution in [0, 0.1) is 0 Å². The summed E-state index contributed by atoms with van der Waals surface area (Å²) in [6.45, 7) is 1.75. The van der Waals surface area contributed by atoms with Crippen LogP contribution in [0.3, 0.4) is 0 Å². The van der Waals surface area contributed by atoms with Gasteiger partial charge in [-0.3, -0.25) is 0 Å². The van der Waals surface area contributed by atoms with Crippen molar-refractivity contribution in [3.8, 4) is 0 Å². The molecule has 1 saturated heterocycles. The molecule has 0 unspecified atom stereocenters. The summed E-state index contributed by atoms with van der Waals surface area (Å²) in [5.41, 5.74) is 0. The first kappa shape index (κ1) is 14.6. The Morgan fingerprint density at radius 2 is 2.19 bits per heavy atom. The van der Waals surface area contributed by atoms with Crippen molar-refractivity contribution in [3.63, 3.8) is 0 Å². The summed E-state index contributed by atoms with van der Waals surface area (Å²) in [6, 6.07) is 5.18. The molecule has 0 spiro atoms. The Morgan fingerprint density at radius 1 is 1.43 bits per heavy atom. The van der Waals surface area contributed by atoms with Gasteiger partial charge in [0.1, 0.15) is 11.0 Å². The molecule has 2 atom stereocenters. The molecule has 1 fully saturated rings. The lowest BCUT2D eigenvalue weighted by atomic mass is 10.2. The number of thiophene rings is 1. The number of fused-ring (bicyclic) bond motifs is 1. The van der Waals surface area contributed by atoms with E-state index in [4.69, 9.17) is 32.7 Å². The van der Waals surface area contributed by atoms with Gasteiger partial charge in [-0.15, -0.1) is 11.3 Å². The van der Waals surface area contributed by atoms with Crippen molar-refractivity contribution in [2.24, 2.45) is 0 Å². The van der Waals surface area contributed by atoms with Crippen molar-refractivity contribution in [1.29, 1.82) is 0 Å². The Bertz CT molecular complexity index is 740. The zero-order chi connectivity index (χ0) is 15.1. The van der Waals surface area contributed by atoms with Crippen molar-refractivity contribution >= 4 is 56.6 Å². The lowest BCUT2D eigenvalue weighted by molar-refractivity contribution is -0.147. The highest BCUT2D eigenvalue weighted by molar-refractivity contribution is 7.21. The van der Waals surface area contributed by atoms with E-state index < -0.39 is 18.0 Å². The average Bonchev–Trinajstić information content (AvgIpc) is 2.90. The molecule has 3 rings (SSSR count). The molecule has 7 heteroatoms. The minimum Gasteiger partial charge on any atom is -0.460 e. The lowest BCUT2D eigenvalue weighted by Crippen LogP contribution is -2.22. The highest BCUT2D eigenvalue weighted by Gasteiger charge is 2.36. The maximum absolute atomic E-state index is 12.2. The van der Waals surface area contributed by atoms with Crippen LogP contribution in [0.5, 0.6) is 0 Å². The maximum Gasteiger partial charge on any atom is 0.350 e. The van der Waals surface area contributed by atoms with E-state index in [0.29, 0.717) is 16.5 Å². The molecule has 0 amide bonds. The zero-order valence-electron chi connectivity index (χ0n) is 10.9. The number of benzene rings is 1. The van der Waals surface area contributed by atoms with Crippen molar-refractivity contribution < 1.29 is 19.1 Å². The quantitative estimate of drug-likeness (QED) is 0.770. The van der Waals surface area contributed by atoms with Gasteiger partial charge in [0.25, 0.3) is 0 Å². The Hall–Kier alpha value is -1.30. The van der Waals surface area contributed by atoms with Crippen molar-refractivity contribution in [3.05, 3.63) is 33.1 Å². The summed E-state index contributed by atoms with van der Waals surface area (Å²) in [7, 11) is 0. The first-order valence-electron chi connectivity index (χ1n) is 6.24. The van der Waals surface area contributed by atoms with Crippen molar-refractivity contribution in [2.45, 2.75) is 25.6 Å². The zero-order valence-corrected chi connectivity index (χ0v) is 13.2. The topological polar surface area (TPSA) is 52.6 Å². The maximum atomic E-state index is 12.2. The number of hydrogen-bond donors (Lipinski definition) is 0. The number of esters is 2. The standard InChI is InChI=1S/C14H10Cl2O4S/c1-6-4-9(13(17)19-6)20-14(18)12-11(16)8-3-2-7(15)5-10(8)21-12/h2-3,5-6,9H,4H2,1H3/t6-,9+/m1/s1. The molecule has 2 heterocycles. The molecule has 4 nitrogen and oxygen atoms in total. The molecule has 0 radical (unpaired) electrons. The van der Waals surface area contributed by atoms with Crippen molar-refractivity contribution in [1.82, 2.24) is 0 Å². The molecule has 1 aromatic carbocycles. The fraction of sp³-hybridized carbons (Fsp3) is 0.286. The second-order valence-corrected chi connectivity index (χ2v) is 6.63. The largest absolute Gasteiger partial charge is 0.460 e. The summed E-state index contributed by atoms with van der Waals surface area (Å²) in [6.07, 6.45) is -0.747.